The monoisotopic (exact) mass is 344 g/mol. The van der Waals surface area contributed by atoms with Crippen LogP contribution in [0, 0.1) is 5.82 Å². The predicted molar refractivity (Wildman–Crippen MR) is 85.6 cm³/mol. The van der Waals surface area contributed by atoms with Crippen molar-refractivity contribution < 1.29 is 17.6 Å². The molecule has 1 aliphatic rings. The third kappa shape index (κ3) is 4.05. The van der Waals surface area contributed by atoms with E-state index in [2.05, 4.69) is 16.2 Å². The molecule has 1 amide bonds. The second-order valence-electron chi connectivity index (χ2n) is 5.69. The summed E-state index contributed by atoms with van der Waals surface area (Å²) in [6, 6.07) is 4.73. The Labute approximate surface area is 135 Å². The van der Waals surface area contributed by atoms with E-state index in [9.17, 15) is 17.6 Å². The smallest absolute Gasteiger partial charge is 0.239 e. The minimum absolute atomic E-state index is 0.266. The summed E-state index contributed by atoms with van der Waals surface area (Å²) in [6.07, 6.45) is 0. The molecule has 3 N–H and O–H groups in total. The van der Waals surface area contributed by atoms with E-state index in [1.165, 1.54) is 31.3 Å². The molecule has 1 aliphatic heterocycles. The van der Waals surface area contributed by atoms with Crippen molar-refractivity contribution in [3.63, 3.8) is 0 Å². The van der Waals surface area contributed by atoms with E-state index in [1.807, 2.05) is 0 Å². The van der Waals surface area contributed by atoms with E-state index in [4.69, 9.17) is 0 Å². The van der Waals surface area contributed by atoms with E-state index >= 15 is 0 Å². The average molecular weight is 344 g/mol. The summed E-state index contributed by atoms with van der Waals surface area (Å²) in [6.45, 7) is 3.23. The van der Waals surface area contributed by atoms with Crippen LogP contribution in [-0.2, 0) is 14.8 Å². The van der Waals surface area contributed by atoms with Crippen molar-refractivity contribution in [2.24, 2.45) is 0 Å². The van der Waals surface area contributed by atoms with E-state index in [1.54, 1.807) is 13.8 Å². The number of hydrogen-bond donors (Lipinski definition) is 3. The highest BCUT2D eigenvalue weighted by Gasteiger charge is 2.42. The van der Waals surface area contributed by atoms with Crippen LogP contribution in [0.25, 0.3) is 0 Å². The Morgan fingerprint density at radius 2 is 1.74 bits per heavy atom. The maximum absolute atomic E-state index is 12.8. The molecule has 1 saturated heterocycles. The normalized spacial score (nSPS) is 24.8. The van der Waals surface area contributed by atoms with Crippen molar-refractivity contribution in [3.8, 4) is 0 Å². The number of hydrogen-bond acceptors (Lipinski definition) is 5. The van der Waals surface area contributed by atoms with Gasteiger partial charge in [-0.25, -0.2) is 12.8 Å². The number of carbonyl (C=O) groups excluding carboxylic acids is 1. The van der Waals surface area contributed by atoms with Crippen LogP contribution in [-0.4, -0.2) is 49.6 Å². The highest BCUT2D eigenvalue weighted by atomic mass is 32.2. The Hall–Kier alpha value is -1.55. The highest BCUT2D eigenvalue weighted by molar-refractivity contribution is 7.89. The zero-order chi connectivity index (χ0) is 17.2. The Bertz CT molecular complexity index is 655. The number of carbonyl (C=O) groups is 1. The summed E-state index contributed by atoms with van der Waals surface area (Å²) in [5.74, 6) is -0.895. The quantitative estimate of drug-likeness (QED) is 0.714. The lowest BCUT2D eigenvalue weighted by molar-refractivity contribution is -0.116. The maximum Gasteiger partial charge on any atom is 0.239 e. The molecule has 23 heavy (non-hydrogen) atoms. The zero-order valence-electron chi connectivity index (χ0n) is 13.2. The van der Waals surface area contributed by atoms with Crippen LogP contribution in [0.3, 0.4) is 0 Å². The third-order valence-electron chi connectivity index (χ3n) is 3.80. The van der Waals surface area contributed by atoms with Crippen molar-refractivity contribution in [1.82, 2.24) is 15.2 Å². The van der Waals surface area contributed by atoms with Gasteiger partial charge in [0.2, 0.25) is 15.9 Å². The van der Waals surface area contributed by atoms with Crippen LogP contribution < -0.4 is 16.2 Å². The van der Waals surface area contributed by atoms with E-state index in [-0.39, 0.29) is 18.6 Å². The molecule has 0 radical (unpaired) electrons. The number of halogens is 1. The largest absolute Gasteiger partial charge is 0.325 e. The molecule has 2 unspecified atom stereocenters. The van der Waals surface area contributed by atoms with Crippen LogP contribution in [0.1, 0.15) is 13.8 Å². The number of hydrazine groups is 1. The van der Waals surface area contributed by atoms with Gasteiger partial charge in [0.05, 0.1) is 6.54 Å². The molecule has 2 atom stereocenters. The lowest BCUT2D eigenvalue weighted by Gasteiger charge is -2.25. The highest BCUT2D eigenvalue weighted by Crippen LogP contribution is 2.18. The summed E-state index contributed by atoms with van der Waals surface area (Å²) >= 11 is 0. The topological polar surface area (TPSA) is 90.5 Å². The number of rotatable bonds is 5. The summed E-state index contributed by atoms with van der Waals surface area (Å²) in [4.78, 5) is 12.0. The van der Waals surface area contributed by atoms with Gasteiger partial charge in [-0.3, -0.25) is 15.6 Å². The molecule has 128 valence electrons. The fraction of sp³-hybridized carbons (Fsp3) is 0.500. The van der Waals surface area contributed by atoms with Gasteiger partial charge in [-0.2, -0.15) is 4.31 Å². The third-order valence-corrected chi connectivity index (χ3v) is 6.30. The molecule has 1 aromatic rings. The van der Waals surface area contributed by atoms with Gasteiger partial charge in [0.15, 0.2) is 0 Å². The Balaban J connectivity index is 2.01. The van der Waals surface area contributed by atoms with Crippen molar-refractivity contribution in [2.75, 3.05) is 18.9 Å². The van der Waals surface area contributed by atoms with Crippen LogP contribution in [0.5, 0.6) is 0 Å². The van der Waals surface area contributed by atoms with E-state index in [0.29, 0.717) is 5.69 Å². The fourth-order valence-electron chi connectivity index (χ4n) is 2.61. The zero-order valence-corrected chi connectivity index (χ0v) is 14.0. The average Bonchev–Trinajstić information content (AvgIpc) is 2.81. The summed E-state index contributed by atoms with van der Waals surface area (Å²) < 4.78 is 39.1. The lowest BCUT2D eigenvalue weighted by atomic mass is 10.2. The van der Waals surface area contributed by atoms with Crippen molar-refractivity contribution in [2.45, 2.75) is 31.2 Å². The van der Waals surface area contributed by atoms with Crippen molar-refractivity contribution >= 4 is 21.6 Å². The molecule has 7 nitrogen and oxygen atoms in total. The van der Waals surface area contributed by atoms with Crippen LogP contribution in [0.15, 0.2) is 24.3 Å². The number of sulfonamides is 1. The van der Waals surface area contributed by atoms with Crippen LogP contribution in [0.2, 0.25) is 0 Å². The van der Waals surface area contributed by atoms with Gasteiger partial charge in [-0.15, -0.1) is 0 Å². The van der Waals surface area contributed by atoms with E-state index in [0.717, 1.165) is 4.31 Å². The first-order valence-corrected chi connectivity index (χ1v) is 8.74. The lowest BCUT2D eigenvalue weighted by Crippen LogP contribution is -2.47. The first kappa shape index (κ1) is 17.8. The first-order chi connectivity index (χ1) is 10.7. The minimum atomic E-state index is -3.64. The molecule has 2 rings (SSSR count). The molecule has 0 saturated carbocycles. The number of nitrogens with one attached hydrogen (secondary N) is 3. The molecule has 0 aromatic heterocycles. The van der Waals surface area contributed by atoms with Gasteiger partial charge in [-0.05, 0) is 38.1 Å². The van der Waals surface area contributed by atoms with Gasteiger partial charge >= 0.3 is 0 Å². The second kappa shape index (κ2) is 6.91. The molecular weight excluding hydrogens is 323 g/mol. The summed E-state index contributed by atoms with van der Waals surface area (Å²) in [7, 11) is -2.27. The number of nitrogens with zero attached hydrogens (tertiary/aromatic N) is 1. The first-order valence-electron chi connectivity index (χ1n) is 7.23. The minimum Gasteiger partial charge on any atom is -0.325 e. The predicted octanol–water partition coefficient (Wildman–Crippen LogP) is 0.279. The van der Waals surface area contributed by atoms with Crippen LogP contribution >= 0.6 is 0 Å². The fourth-order valence-corrected chi connectivity index (χ4v) is 4.49. The number of benzene rings is 1. The second-order valence-corrected chi connectivity index (χ2v) is 7.88. The van der Waals surface area contributed by atoms with Gasteiger partial charge < -0.3 is 5.32 Å². The maximum atomic E-state index is 12.8. The number of amides is 1. The molecule has 1 fully saturated rings. The van der Waals surface area contributed by atoms with Gasteiger partial charge in [0.25, 0.3) is 0 Å². The molecule has 0 spiro atoms. The molecule has 1 heterocycles. The summed E-state index contributed by atoms with van der Waals surface area (Å²) in [5, 5.41) is 1.88. The molecule has 0 aliphatic carbocycles. The molecule has 9 heteroatoms. The van der Waals surface area contributed by atoms with Crippen molar-refractivity contribution in [3.05, 3.63) is 30.1 Å². The molecule has 1 aromatic carbocycles. The standard InChI is InChI=1S/C14H21FN4O3S/c1-9-14(10(2)18-17-9)23(21,22)19(3)8-13(20)16-12-6-4-11(15)5-7-12/h4-7,9-10,14,17-18H,8H2,1-3H3,(H,16,20). The molecular formula is C14H21FN4O3S. The van der Waals surface area contributed by atoms with Gasteiger partial charge in [-0.1, -0.05) is 0 Å². The number of likely N-dealkylation sites (N-methyl/N-ethyl adjacent to an activating group) is 1. The Morgan fingerprint density at radius 3 is 2.26 bits per heavy atom. The Morgan fingerprint density at radius 1 is 1.22 bits per heavy atom. The van der Waals surface area contributed by atoms with Gasteiger partial charge in [0.1, 0.15) is 11.1 Å². The Kier molecular flexibility index (Phi) is 5.35. The van der Waals surface area contributed by atoms with E-state index < -0.39 is 27.0 Å². The van der Waals surface area contributed by atoms with Crippen LogP contribution in [0.4, 0.5) is 10.1 Å². The number of anilines is 1. The van der Waals surface area contributed by atoms with Gasteiger partial charge in [0, 0.05) is 24.8 Å². The molecule has 0 bridgehead atoms. The van der Waals surface area contributed by atoms with Crippen molar-refractivity contribution in [1.29, 1.82) is 0 Å². The summed E-state index contributed by atoms with van der Waals surface area (Å²) in [5.41, 5.74) is 6.18. The SMILES string of the molecule is CC1NNC(C)C1S(=O)(=O)N(C)CC(=O)Nc1ccc(F)cc1.